The van der Waals surface area contributed by atoms with Crippen molar-refractivity contribution in [1.82, 2.24) is 0 Å². The van der Waals surface area contributed by atoms with Gasteiger partial charge in [0.15, 0.2) is 5.75 Å². The second-order valence-electron chi connectivity index (χ2n) is 3.91. The Morgan fingerprint density at radius 1 is 0.800 bits per heavy atom. The number of halogens is 4. The predicted octanol–water partition coefficient (Wildman–Crippen LogP) is 6.29. The molecule has 0 saturated carbocycles. The molecule has 1 aliphatic rings. The number of ether oxygens (including phenoxy) is 2. The van der Waals surface area contributed by atoms with Crippen LogP contribution in [0.15, 0.2) is 42.2 Å². The Hall–Kier alpha value is -0.370. The maximum atomic E-state index is 11.8. The molecule has 0 spiro atoms. The maximum Gasteiger partial charge on any atom is 0.519 e. The van der Waals surface area contributed by atoms with Gasteiger partial charge in [-0.15, -0.1) is 0 Å². The fourth-order valence-electron chi connectivity index (χ4n) is 1.90. The maximum absolute atomic E-state index is 11.8. The molecule has 1 heterocycles. The number of hydrogen-bond donors (Lipinski definition) is 0. The van der Waals surface area contributed by atoms with Gasteiger partial charge in [0.1, 0.15) is 5.75 Å². The first-order valence-electron chi connectivity index (χ1n) is 5.35. The van der Waals surface area contributed by atoms with Crippen LogP contribution in [0.4, 0.5) is 4.79 Å². The summed E-state index contributed by atoms with van der Waals surface area (Å²) in [6.07, 6.45) is -0.766. The highest BCUT2D eigenvalue weighted by Crippen LogP contribution is 2.53. The lowest BCUT2D eigenvalue weighted by atomic mass is 10.0. The van der Waals surface area contributed by atoms with Gasteiger partial charge < -0.3 is 9.47 Å². The number of hydrogen-bond acceptors (Lipinski definition) is 3. The molecule has 0 bridgehead atoms. The summed E-state index contributed by atoms with van der Waals surface area (Å²) >= 11 is 13.9. The second kappa shape index (κ2) is 5.44. The van der Waals surface area contributed by atoms with E-state index in [0.717, 1.165) is 24.5 Å². The van der Waals surface area contributed by atoms with Gasteiger partial charge in [-0.25, -0.2) is 4.79 Å². The van der Waals surface area contributed by atoms with E-state index in [4.69, 9.17) is 9.47 Å². The van der Waals surface area contributed by atoms with Gasteiger partial charge in [-0.3, -0.25) is 0 Å². The van der Waals surface area contributed by atoms with Crippen LogP contribution < -0.4 is 9.47 Å². The predicted molar refractivity (Wildman–Crippen MR) is 89.3 cm³/mol. The molecule has 0 saturated heterocycles. The SMILES string of the molecule is O=C1Oc2ccccc2-c2c(Br)c(Br)c(Br)c(Br)c2O1. The molecule has 0 aliphatic carbocycles. The minimum Gasteiger partial charge on any atom is -0.394 e. The van der Waals surface area contributed by atoms with Gasteiger partial charge in [-0.2, -0.15) is 0 Å². The summed E-state index contributed by atoms with van der Waals surface area (Å²) in [7, 11) is 0. The summed E-state index contributed by atoms with van der Waals surface area (Å²) in [5.74, 6) is 0.861. The van der Waals surface area contributed by atoms with E-state index in [-0.39, 0.29) is 0 Å². The molecule has 7 heteroatoms. The average Bonchev–Trinajstić information content (AvgIpc) is 2.58. The normalized spacial score (nSPS) is 12.9. The number of benzene rings is 2. The van der Waals surface area contributed by atoms with Crippen molar-refractivity contribution in [3.63, 3.8) is 0 Å². The third-order valence-electron chi connectivity index (χ3n) is 2.76. The Morgan fingerprint density at radius 3 is 2.20 bits per heavy atom. The van der Waals surface area contributed by atoms with Crippen molar-refractivity contribution in [3.8, 4) is 22.6 Å². The fraction of sp³-hybridized carbons (Fsp3) is 0. The topological polar surface area (TPSA) is 35.5 Å². The van der Waals surface area contributed by atoms with Gasteiger partial charge in [0.2, 0.25) is 0 Å². The Kier molecular flexibility index (Phi) is 3.96. The lowest BCUT2D eigenvalue weighted by Crippen LogP contribution is -2.12. The van der Waals surface area contributed by atoms with Crippen LogP contribution >= 0.6 is 63.7 Å². The molecule has 3 rings (SSSR count). The summed E-state index contributed by atoms with van der Waals surface area (Å²) in [6, 6.07) is 7.27. The van der Waals surface area contributed by atoms with E-state index in [2.05, 4.69) is 63.7 Å². The molecule has 2 aromatic carbocycles. The van der Waals surface area contributed by atoms with Crippen molar-refractivity contribution < 1.29 is 14.3 Å². The standard InChI is InChI=1S/C13H4Br4O3/c14-8-7-5-3-1-2-4-6(5)19-13(18)20-12(7)11(17)10(16)9(8)15/h1-4H. The Morgan fingerprint density at radius 2 is 1.45 bits per heavy atom. The minimum atomic E-state index is -0.766. The van der Waals surface area contributed by atoms with Gasteiger partial charge >= 0.3 is 6.16 Å². The van der Waals surface area contributed by atoms with Crippen molar-refractivity contribution in [1.29, 1.82) is 0 Å². The molecular formula is C13H4Br4O3. The number of carbonyl (C=O) groups excluding carboxylic acids is 1. The Labute approximate surface area is 148 Å². The fourth-order valence-corrected chi connectivity index (χ4v) is 4.28. The molecule has 0 unspecified atom stereocenters. The van der Waals surface area contributed by atoms with Crippen LogP contribution in [0.3, 0.4) is 0 Å². The van der Waals surface area contributed by atoms with Crippen molar-refractivity contribution >= 4 is 69.9 Å². The summed E-state index contributed by atoms with van der Waals surface area (Å²) in [4.78, 5) is 11.8. The highest BCUT2D eigenvalue weighted by molar-refractivity contribution is 9.15. The summed E-state index contributed by atoms with van der Waals surface area (Å²) < 4.78 is 13.5. The molecular weight excluding hydrogens is 524 g/mol. The van der Waals surface area contributed by atoms with Gasteiger partial charge in [-0.05, 0) is 69.8 Å². The van der Waals surface area contributed by atoms with Crippen LogP contribution in [-0.4, -0.2) is 6.16 Å². The molecule has 20 heavy (non-hydrogen) atoms. The van der Waals surface area contributed by atoms with Gasteiger partial charge in [0, 0.05) is 20.1 Å². The molecule has 0 atom stereocenters. The van der Waals surface area contributed by atoms with Crippen molar-refractivity contribution in [2.45, 2.75) is 0 Å². The number of para-hydroxylation sites is 1. The monoisotopic (exact) mass is 524 g/mol. The summed E-state index contributed by atoms with van der Waals surface area (Å²) in [5.41, 5.74) is 1.52. The summed E-state index contributed by atoms with van der Waals surface area (Å²) in [6.45, 7) is 0. The van der Waals surface area contributed by atoms with Crippen LogP contribution in [-0.2, 0) is 0 Å². The first-order valence-corrected chi connectivity index (χ1v) is 8.53. The third kappa shape index (κ3) is 2.24. The third-order valence-corrected chi connectivity index (χ3v) is 7.49. The number of fused-ring (bicyclic) bond motifs is 3. The van der Waals surface area contributed by atoms with E-state index >= 15 is 0 Å². The quantitative estimate of drug-likeness (QED) is 0.175. The Balaban J connectivity index is 2.45. The highest BCUT2D eigenvalue weighted by Gasteiger charge is 2.29. The molecule has 2 aromatic rings. The van der Waals surface area contributed by atoms with Crippen molar-refractivity contribution in [2.75, 3.05) is 0 Å². The first-order chi connectivity index (χ1) is 9.50. The zero-order valence-corrected chi connectivity index (χ0v) is 15.9. The first kappa shape index (κ1) is 14.6. The van der Waals surface area contributed by atoms with E-state index < -0.39 is 6.16 Å². The van der Waals surface area contributed by atoms with Crippen LogP contribution in [0.25, 0.3) is 11.1 Å². The van der Waals surface area contributed by atoms with Crippen molar-refractivity contribution in [3.05, 3.63) is 42.2 Å². The molecule has 0 radical (unpaired) electrons. The average molecular weight is 528 g/mol. The largest absolute Gasteiger partial charge is 0.519 e. The molecule has 0 aromatic heterocycles. The smallest absolute Gasteiger partial charge is 0.394 e. The Bertz CT molecular complexity index is 743. The van der Waals surface area contributed by atoms with Crippen LogP contribution in [0.1, 0.15) is 0 Å². The van der Waals surface area contributed by atoms with Crippen LogP contribution in [0.2, 0.25) is 0 Å². The highest BCUT2D eigenvalue weighted by atomic mass is 79.9. The lowest BCUT2D eigenvalue weighted by molar-refractivity contribution is 0.153. The number of carbonyl (C=O) groups is 1. The molecule has 0 amide bonds. The molecule has 102 valence electrons. The zero-order chi connectivity index (χ0) is 14.4. The van der Waals surface area contributed by atoms with Gasteiger partial charge in [-0.1, -0.05) is 18.2 Å². The molecule has 0 N–H and O–H groups in total. The molecule has 1 aliphatic heterocycles. The molecule has 0 fully saturated rings. The van der Waals surface area contributed by atoms with Crippen LogP contribution in [0.5, 0.6) is 11.5 Å². The van der Waals surface area contributed by atoms with E-state index in [0.29, 0.717) is 16.0 Å². The van der Waals surface area contributed by atoms with Gasteiger partial charge in [0.05, 0.1) is 8.95 Å². The zero-order valence-electron chi connectivity index (χ0n) is 9.55. The van der Waals surface area contributed by atoms with E-state index in [9.17, 15) is 4.79 Å². The number of rotatable bonds is 0. The van der Waals surface area contributed by atoms with Crippen molar-refractivity contribution in [2.24, 2.45) is 0 Å². The van der Waals surface area contributed by atoms with Crippen LogP contribution in [0, 0.1) is 0 Å². The van der Waals surface area contributed by atoms with E-state index in [1.54, 1.807) is 12.1 Å². The molecule has 3 nitrogen and oxygen atoms in total. The van der Waals surface area contributed by atoms with Gasteiger partial charge in [0.25, 0.3) is 0 Å². The van der Waals surface area contributed by atoms with E-state index in [1.165, 1.54) is 0 Å². The second-order valence-corrected chi connectivity index (χ2v) is 7.08. The minimum absolute atomic E-state index is 0.405. The summed E-state index contributed by atoms with van der Waals surface area (Å²) in [5, 5.41) is 0. The van der Waals surface area contributed by atoms with E-state index in [1.807, 2.05) is 12.1 Å². The lowest BCUT2D eigenvalue weighted by Gasteiger charge is -2.14.